The highest BCUT2D eigenvalue weighted by atomic mass is 35.5. The average molecular weight is 371 g/mol. The van der Waals surface area contributed by atoms with Crippen LogP contribution in [0.25, 0.3) is 0 Å². The molecular weight excluding hydrogens is 352 g/mol. The maximum atomic E-state index is 12.2. The predicted octanol–water partition coefficient (Wildman–Crippen LogP) is 3.08. The Bertz CT molecular complexity index is 815. The largest absolute Gasteiger partial charge is 0.356 e. The first-order valence-corrected chi connectivity index (χ1v) is 8.90. The molecule has 3 rings (SSSR count). The summed E-state index contributed by atoms with van der Waals surface area (Å²) in [7, 11) is 0. The monoisotopic (exact) mass is 370 g/mol. The van der Waals surface area contributed by atoms with Crippen LogP contribution in [-0.2, 0) is 11.2 Å². The summed E-state index contributed by atoms with van der Waals surface area (Å²) in [6.45, 7) is 0.625. The topological polar surface area (TPSA) is 66.5 Å². The van der Waals surface area contributed by atoms with E-state index in [1.54, 1.807) is 24.3 Å². The normalized spacial score (nSPS) is 13.0. The molecule has 1 N–H and O–H groups in total. The number of benzene rings is 2. The van der Waals surface area contributed by atoms with Gasteiger partial charge in [0.05, 0.1) is 11.1 Å². The van der Waals surface area contributed by atoms with E-state index in [0.717, 1.165) is 23.3 Å². The lowest BCUT2D eigenvalue weighted by atomic mass is 10.1. The molecule has 0 spiro atoms. The second-order valence-corrected chi connectivity index (χ2v) is 6.58. The summed E-state index contributed by atoms with van der Waals surface area (Å²) in [5.41, 5.74) is 1.93. The van der Waals surface area contributed by atoms with Gasteiger partial charge in [-0.15, -0.1) is 0 Å². The molecule has 1 aliphatic heterocycles. The first-order chi connectivity index (χ1) is 12.6. The van der Waals surface area contributed by atoms with Crippen molar-refractivity contribution < 1.29 is 14.4 Å². The first-order valence-electron chi connectivity index (χ1n) is 8.52. The van der Waals surface area contributed by atoms with Gasteiger partial charge in [0.25, 0.3) is 11.8 Å². The van der Waals surface area contributed by atoms with E-state index >= 15 is 0 Å². The zero-order valence-electron chi connectivity index (χ0n) is 14.2. The van der Waals surface area contributed by atoms with Gasteiger partial charge in [0, 0.05) is 24.5 Å². The number of carbonyl (C=O) groups is 3. The van der Waals surface area contributed by atoms with Gasteiger partial charge in [-0.3, -0.25) is 19.3 Å². The van der Waals surface area contributed by atoms with Gasteiger partial charge < -0.3 is 5.32 Å². The van der Waals surface area contributed by atoms with Gasteiger partial charge in [0.15, 0.2) is 0 Å². The van der Waals surface area contributed by atoms with E-state index in [0.29, 0.717) is 22.7 Å². The van der Waals surface area contributed by atoms with Crippen molar-refractivity contribution in [3.63, 3.8) is 0 Å². The minimum Gasteiger partial charge on any atom is -0.356 e. The van der Waals surface area contributed by atoms with Crippen LogP contribution in [0.15, 0.2) is 48.5 Å². The first kappa shape index (κ1) is 18.1. The Hall–Kier alpha value is -2.66. The number of aryl methyl sites for hydroxylation is 1. The van der Waals surface area contributed by atoms with Gasteiger partial charge in [-0.2, -0.15) is 0 Å². The minimum atomic E-state index is -0.334. The Labute approximate surface area is 156 Å². The highest BCUT2D eigenvalue weighted by Gasteiger charge is 2.34. The fourth-order valence-electron chi connectivity index (χ4n) is 2.96. The number of nitrogens with one attached hydrogen (secondary N) is 1. The van der Waals surface area contributed by atoms with Crippen LogP contribution >= 0.6 is 11.6 Å². The number of imide groups is 1. The zero-order valence-corrected chi connectivity index (χ0v) is 15.0. The molecule has 26 heavy (non-hydrogen) atoms. The number of rotatable bonds is 7. The number of amides is 3. The van der Waals surface area contributed by atoms with Crippen LogP contribution in [0.5, 0.6) is 0 Å². The van der Waals surface area contributed by atoms with Crippen LogP contribution < -0.4 is 5.32 Å². The summed E-state index contributed by atoms with van der Waals surface area (Å²) in [5.74, 6) is -0.841. The van der Waals surface area contributed by atoms with Crippen molar-refractivity contribution in [1.29, 1.82) is 0 Å². The molecule has 1 heterocycles. The highest BCUT2D eigenvalue weighted by molar-refractivity contribution is 6.30. The lowest BCUT2D eigenvalue weighted by Gasteiger charge is -2.13. The molecule has 0 atom stereocenters. The number of hydrogen-bond acceptors (Lipinski definition) is 3. The van der Waals surface area contributed by atoms with E-state index in [2.05, 4.69) is 5.32 Å². The Balaban J connectivity index is 1.41. The van der Waals surface area contributed by atoms with E-state index in [1.807, 2.05) is 24.3 Å². The number of fused-ring (bicyclic) bond motifs is 1. The van der Waals surface area contributed by atoms with Gasteiger partial charge in [-0.25, -0.2) is 0 Å². The molecule has 5 nitrogen and oxygen atoms in total. The Morgan fingerprint density at radius 2 is 1.69 bits per heavy atom. The summed E-state index contributed by atoms with van der Waals surface area (Å²) < 4.78 is 0. The van der Waals surface area contributed by atoms with Crippen molar-refractivity contribution in [3.8, 4) is 0 Å². The SMILES string of the molecule is O=C(CCN1C(=O)c2ccccc2C1=O)NCCCc1cccc(Cl)c1. The minimum absolute atomic E-state index is 0.0898. The smallest absolute Gasteiger partial charge is 0.261 e. The molecule has 134 valence electrons. The van der Waals surface area contributed by atoms with Crippen molar-refractivity contribution in [2.45, 2.75) is 19.3 Å². The average Bonchev–Trinajstić information content (AvgIpc) is 2.88. The predicted molar refractivity (Wildman–Crippen MR) is 99.2 cm³/mol. The molecular formula is C20H19ClN2O3. The third-order valence-electron chi connectivity index (χ3n) is 4.29. The fourth-order valence-corrected chi connectivity index (χ4v) is 3.17. The molecule has 2 aromatic rings. The molecule has 0 saturated carbocycles. The Morgan fingerprint density at radius 3 is 2.35 bits per heavy atom. The molecule has 0 aliphatic carbocycles. The van der Waals surface area contributed by atoms with Crippen molar-refractivity contribution >= 4 is 29.3 Å². The summed E-state index contributed by atoms with van der Waals surface area (Å²) >= 11 is 5.94. The maximum Gasteiger partial charge on any atom is 0.261 e. The van der Waals surface area contributed by atoms with E-state index in [9.17, 15) is 14.4 Å². The number of nitrogens with zero attached hydrogens (tertiary/aromatic N) is 1. The van der Waals surface area contributed by atoms with Crippen molar-refractivity contribution in [1.82, 2.24) is 10.2 Å². The van der Waals surface area contributed by atoms with Crippen molar-refractivity contribution in [3.05, 3.63) is 70.2 Å². The van der Waals surface area contributed by atoms with Gasteiger partial charge >= 0.3 is 0 Å². The lowest BCUT2D eigenvalue weighted by Crippen LogP contribution is -2.34. The van der Waals surface area contributed by atoms with Gasteiger partial charge in [-0.05, 0) is 42.7 Å². The van der Waals surface area contributed by atoms with Crippen LogP contribution in [0.1, 0.15) is 39.1 Å². The molecule has 0 unspecified atom stereocenters. The zero-order chi connectivity index (χ0) is 18.5. The summed E-state index contributed by atoms with van der Waals surface area (Å²) in [6, 6.07) is 14.3. The fraction of sp³-hybridized carbons (Fsp3) is 0.250. The maximum absolute atomic E-state index is 12.2. The lowest BCUT2D eigenvalue weighted by molar-refractivity contribution is -0.121. The van der Waals surface area contributed by atoms with Gasteiger partial charge in [0.2, 0.25) is 5.91 Å². The van der Waals surface area contributed by atoms with Crippen LogP contribution in [-0.4, -0.2) is 35.7 Å². The van der Waals surface area contributed by atoms with Crippen molar-refractivity contribution in [2.75, 3.05) is 13.1 Å². The molecule has 6 heteroatoms. The number of halogens is 1. The standard InChI is InChI=1S/C20H19ClN2O3/c21-15-7-3-5-14(13-15)6-4-11-22-18(24)10-12-23-19(25)16-8-1-2-9-17(16)20(23)26/h1-3,5,7-9,13H,4,6,10-12H2,(H,22,24). The summed E-state index contributed by atoms with van der Waals surface area (Å²) in [5, 5.41) is 3.52. The van der Waals surface area contributed by atoms with Crippen molar-refractivity contribution in [2.24, 2.45) is 0 Å². The third-order valence-corrected chi connectivity index (χ3v) is 4.53. The number of hydrogen-bond donors (Lipinski definition) is 1. The second-order valence-electron chi connectivity index (χ2n) is 6.14. The molecule has 3 amide bonds. The second kappa shape index (κ2) is 8.15. The summed E-state index contributed by atoms with van der Waals surface area (Å²) in [4.78, 5) is 37.6. The molecule has 0 saturated heterocycles. The molecule has 0 bridgehead atoms. The third kappa shape index (κ3) is 4.11. The summed E-state index contributed by atoms with van der Waals surface area (Å²) in [6.07, 6.45) is 1.71. The van der Waals surface area contributed by atoms with E-state index in [-0.39, 0.29) is 30.7 Å². The molecule has 0 fully saturated rings. The van der Waals surface area contributed by atoms with Gasteiger partial charge in [-0.1, -0.05) is 35.9 Å². The van der Waals surface area contributed by atoms with Crippen LogP contribution in [0, 0.1) is 0 Å². The Kier molecular flexibility index (Phi) is 5.68. The van der Waals surface area contributed by atoms with E-state index < -0.39 is 0 Å². The van der Waals surface area contributed by atoms with Crippen LogP contribution in [0.2, 0.25) is 5.02 Å². The molecule has 2 aromatic carbocycles. The molecule has 0 aromatic heterocycles. The van der Waals surface area contributed by atoms with Crippen LogP contribution in [0.3, 0.4) is 0 Å². The molecule has 0 radical (unpaired) electrons. The van der Waals surface area contributed by atoms with E-state index in [4.69, 9.17) is 11.6 Å². The molecule has 1 aliphatic rings. The van der Waals surface area contributed by atoms with Gasteiger partial charge in [0.1, 0.15) is 0 Å². The Morgan fingerprint density at radius 1 is 1.00 bits per heavy atom. The quantitative estimate of drug-likeness (QED) is 0.601. The number of carbonyl (C=O) groups excluding carboxylic acids is 3. The van der Waals surface area contributed by atoms with Crippen LogP contribution in [0.4, 0.5) is 0 Å². The highest BCUT2D eigenvalue weighted by Crippen LogP contribution is 2.22. The van der Waals surface area contributed by atoms with E-state index in [1.165, 1.54) is 0 Å².